The summed E-state index contributed by atoms with van der Waals surface area (Å²) in [6, 6.07) is 6.68. The van der Waals surface area contributed by atoms with Gasteiger partial charge in [-0.2, -0.15) is 0 Å². The molecule has 3 heteroatoms. The van der Waals surface area contributed by atoms with Crippen LogP contribution in [0.4, 0.5) is 0 Å². The van der Waals surface area contributed by atoms with Gasteiger partial charge < -0.3 is 0 Å². The summed E-state index contributed by atoms with van der Waals surface area (Å²) in [4.78, 5) is 0. The second kappa shape index (κ2) is 7.36. The molecule has 3 rings (SSSR count). The van der Waals surface area contributed by atoms with Gasteiger partial charge in [0.15, 0.2) is 0 Å². The van der Waals surface area contributed by atoms with Crippen LogP contribution in [0.15, 0.2) is 54.7 Å². The fourth-order valence-electron chi connectivity index (χ4n) is 2.64. The molecule has 0 aromatic heterocycles. The molecule has 0 aliphatic heterocycles. The van der Waals surface area contributed by atoms with E-state index in [1.165, 1.54) is 25.5 Å². The van der Waals surface area contributed by atoms with Gasteiger partial charge in [-0.3, -0.25) is 0 Å². The zero-order chi connectivity index (χ0) is 13.1. The number of benzene rings is 1. The van der Waals surface area contributed by atoms with E-state index in [0.717, 1.165) is 12.8 Å². The molecule has 0 amide bonds. The minimum atomic E-state index is -0.918. The van der Waals surface area contributed by atoms with Gasteiger partial charge in [0.1, 0.15) is 0 Å². The summed E-state index contributed by atoms with van der Waals surface area (Å²) in [5.74, 6) is 0. The van der Waals surface area contributed by atoms with Crippen molar-refractivity contribution in [3.05, 3.63) is 65.8 Å². The molecule has 0 fully saturated rings. The topological polar surface area (TPSA) is 9.23 Å². The standard InChI is InChI=1S/C16H13.CH3O.ClH.Zr/c1-2-8-13(7-1)15-11-5-6-12-16(15)14-9-3-4-10-14;1-2;;/h1-7,9,11H,8,10H2;1H3;1H;/q;-1;;+1. The predicted molar refractivity (Wildman–Crippen MR) is 83.8 cm³/mol. The van der Waals surface area contributed by atoms with Crippen molar-refractivity contribution in [1.82, 2.24) is 0 Å². The zero-order valence-corrected chi connectivity index (χ0v) is 14.7. The van der Waals surface area contributed by atoms with Gasteiger partial charge in [0, 0.05) is 0 Å². The number of hydrogen-bond acceptors (Lipinski definition) is 1. The molecule has 0 saturated heterocycles. The van der Waals surface area contributed by atoms with Crippen molar-refractivity contribution in [2.45, 2.75) is 12.8 Å². The molecule has 102 valence electrons. The maximum Gasteiger partial charge on any atom is -0.147 e. The number of rotatable bonds is 4. The Balaban J connectivity index is 0.00000147. The summed E-state index contributed by atoms with van der Waals surface area (Å²) < 4.78 is 6.98. The average molecular weight is 364 g/mol. The molecule has 20 heavy (non-hydrogen) atoms. The van der Waals surface area contributed by atoms with Crippen LogP contribution in [0.2, 0.25) is 0 Å². The van der Waals surface area contributed by atoms with Crippen molar-refractivity contribution < 1.29 is 26.5 Å². The number of halogens is 1. The molecular formula is C17H17ClOZr. The van der Waals surface area contributed by atoms with E-state index in [2.05, 4.69) is 54.7 Å². The maximum atomic E-state index is 5.53. The van der Waals surface area contributed by atoms with Crippen LogP contribution >= 0.6 is 12.4 Å². The van der Waals surface area contributed by atoms with Crippen LogP contribution in [0, 0.1) is 0 Å². The molecule has 0 bridgehead atoms. The van der Waals surface area contributed by atoms with E-state index in [9.17, 15) is 0 Å². The van der Waals surface area contributed by atoms with E-state index in [-0.39, 0.29) is 12.4 Å². The first-order chi connectivity index (χ1) is 9.40. The molecule has 0 unspecified atom stereocenters. The van der Waals surface area contributed by atoms with Crippen molar-refractivity contribution >= 4 is 26.8 Å². The summed E-state index contributed by atoms with van der Waals surface area (Å²) in [7, 11) is 1.83. The minimum Gasteiger partial charge on any atom is -0.147 e. The van der Waals surface area contributed by atoms with Gasteiger partial charge in [0.05, 0.1) is 0 Å². The third kappa shape index (κ3) is 3.14. The Bertz CT molecular complexity index is 611. The Kier molecular flexibility index (Phi) is 5.78. The van der Waals surface area contributed by atoms with Crippen LogP contribution in [0.5, 0.6) is 0 Å². The Morgan fingerprint density at radius 3 is 2.30 bits per heavy atom. The van der Waals surface area contributed by atoms with Crippen LogP contribution in [-0.4, -0.2) is 7.11 Å². The Morgan fingerprint density at radius 2 is 1.70 bits per heavy atom. The number of hydrogen-bond donors (Lipinski definition) is 0. The maximum absolute atomic E-state index is 5.53. The summed E-state index contributed by atoms with van der Waals surface area (Å²) in [5.41, 5.74) is 5.71. The smallest absolute Gasteiger partial charge is 0.147 e. The fraction of sp³-hybridized carbons (Fsp3) is 0.176. The quantitative estimate of drug-likeness (QED) is 0.783. The minimum absolute atomic E-state index is 0. The van der Waals surface area contributed by atoms with Gasteiger partial charge in [-0.1, -0.05) is 0 Å². The first-order valence-corrected chi connectivity index (χ1v) is 8.77. The van der Waals surface area contributed by atoms with Crippen molar-refractivity contribution in [2.75, 3.05) is 7.11 Å². The molecule has 0 heterocycles. The zero-order valence-electron chi connectivity index (χ0n) is 11.4. The molecule has 1 aromatic carbocycles. The number of allylic oxidation sites excluding steroid dienone is 8. The van der Waals surface area contributed by atoms with E-state index < -0.39 is 23.7 Å². The van der Waals surface area contributed by atoms with Gasteiger partial charge in [-0.25, -0.2) is 0 Å². The largest absolute Gasteiger partial charge is 0.147 e. The van der Waals surface area contributed by atoms with Gasteiger partial charge in [0.25, 0.3) is 0 Å². The molecule has 0 atom stereocenters. The van der Waals surface area contributed by atoms with E-state index in [1.54, 1.807) is 0 Å². The van der Waals surface area contributed by atoms with E-state index >= 15 is 0 Å². The molecule has 0 radical (unpaired) electrons. The van der Waals surface area contributed by atoms with Gasteiger partial charge in [-0.05, 0) is 0 Å². The SMILES string of the molecule is C[O][Zr][c]1cccc(C2=CC=CC2)c1C1=CC=CC1.Cl. The van der Waals surface area contributed by atoms with Crippen molar-refractivity contribution in [3.63, 3.8) is 0 Å². The molecular weight excluding hydrogens is 347 g/mol. The first kappa shape index (κ1) is 15.7. The second-order valence-corrected chi connectivity index (χ2v) is 7.51. The normalized spacial score (nSPS) is 15.8. The molecule has 0 N–H and O–H groups in total. The molecule has 1 nitrogen and oxygen atoms in total. The van der Waals surface area contributed by atoms with Crippen LogP contribution in [0.3, 0.4) is 0 Å². The fourth-order valence-corrected chi connectivity index (χ4v) is 4.56. The summed E-state index contributed by atoms with van der Waals surface area (Å²) in [5, 5.41) is 0. The molecule has 0 spiro atoms. The molecule has 2 aliphatic rings. The van der Waals surface area contributed by atoms with Crippen LogP contribution in [-0.2, 0) is 26.5 Å². The Hall–Kier alpha value is -0.687. The third-order valence-corrected chi connectivity index (χ3v) is 5.55. The third-order valence-electron chi connectivity index (χ3n) is 3.49. The predicted octanol–water partition coefficient (Wildman–Crippen LogP) is 4.06. The molecule has 1 aromatic rings. The summed E-state index contributed by atoms with van der Waals surface area (Å²) in [6.45, 7) is 0. The first-order valence-electron chi connectivity index (χ1n) is 6.54. The summed E-state index contributed by atoms with van der Waals surface area (Å²) in [6.07, 6.45) is 15.4. The summed E-state index contributed by atoms with van der Waals surface area (Å²) >= 11 is -0.918. The van der Waals surface area contributed by atoms with Gasteiger partial charge in [0.2, 0.25) is 0 Å². The van der Waals surface area contributed by atoms with Crippen molar-refractivity contribution in [3.8, 4) is 0 Å². The Labute approximate surface area is 138 Å². The molecule has 0 saturated carbocycles. The van der Waals surface area contributed by atoms with Crippen molar-refractivity contribution in [2.24, 2.45) is 0 Å². The van der Waals surface area contributed by atoms with E-state index in [4.69, 9.17) is 2.81 Å². The average Bonchev–Trinajstić information content (AvgIpc) is 3.12. The van der Waals surface area contributed by atoms with Gasteiger partial charge >= 0.3 is 127 Å². The van der Waals surface area contributed by atoms with Crippen LogP contribution in [0.25, 0.3) is 11.1 Å². The van der Waals surface area contributed by atoms with E-state index in [0.29, 0.717) is 0 Å². The van der Waals surface area contributed by atoms with Crippen LogP contribution < -0.4 is 3.27 Å². The molecule has 2 aliphatic carbocycles. The Morgan fingerprint density at radius 1 is 1.00 bits per heavy atom. The van der Waals surface area contributed by atoms with Crippen molar-refractivity contribution in [1.29, 1.82) is 0 Å². The van der Waals surface area contributed by atoms with E-state index in [1.807, 2.05) is 7.11 Å². The van der Waals surface area contributed by atoms with Gasteiger partial charge in [-0.15, -0.1) is 12.4 Å². The monoisotopic (exact) mass is 362 g/mol. The second-order valence-electron chi connectivity index (χ2n) is 4.68. The van der Waals surface area contributed by atoms with Crippen LogP contribution in [0.1, 0.15) is 24.0 Å².